The predicted octanol–water partition coefficient (Wildman–Crippen LogP) is 3.06. The van der Waals surface area contributed by atoms with Gasteiger partial charge in [-0.25, -0.2) is 4.98 Å². The van der Waals surface area contributed by atoms with Gasteiger partial charge in [0.15, 0.2) is 4.96 Å². The highest BCUT2D eigenvalue weighted by Crippen LogP contribution is 2.21. The van der Waals surface area contributed by atoms with Gasteiger partial charge < -0.3 is 5.32 Å². The Morgan fingerprint density at radius 2 is 1.85 bits per heavy atom. The van der Waals surface area contributed by atoms with Crippen molar-refractivity contribution < 1.29 is 4.79 Å². The smallest absolute Gasteiger partial charge is 0.259 e. The van der Waals surface area contributed by atoms with Crippen molar-refractivity contribution in [3.8, 4) is 0 Å². The summed E-state index contributed by atoms with van der Waals surface area (Å²) in [5.41, 5.74) is 5.61. The second kappa shape index (κ2) is 7.62. The van der Waals surface area contributed by atoms with Crippen LogP contribution in [-0.4, -0.2) is 33.8 Å². The molecule has 2 heterocycles. The number of fused-ring (bicyclic) bond motifs is 1. The molecule has 3 aromatic rings. The highest BCUT2D eigenvalue weighted by atomic mass is 32.1. The number of aryl methyl sites for hydroxylation is 4. The molecule has 0 radical (unpaired) electrons. The lowest BCUT2D eigenvalue weighted by atomic mass is 10.1. The Labute approximate surface area is 162 Å². The van der Waals surface area contributed by atoms with Crippen molar-refractivity contribution in [2.24, 2.45) is 0 Å². The number of anilines is 1. The van der Waals surface area contributed by atoms with Gasteiger partial charge in [0.25, 0.3) is 5.56 Å². The topological polar surface area (TPSA) is 66.7 Å². The van der Waals surface area contributed by atoms with Crippen LogP contribution in [0.4, 0.5) is 5.69 Å². The number of thiazole rings is 1. The van der Waals surface area contributed by atoms with Crippen molar-refractivity contribution in [3.63, 3.8) is 0 Å². The standard InChI is InChI=1S/C20H24N4O2S/c1-12-6-13(2)19(14(3)7-12)22-17(25)10-23(5)9-16-8-18(26)24-15(4)11-27-20(24)21-16/h6-8,11H,9-10H2,1-5H3,(H,22,25). The summed E-state index contributed by atoms with van der Waals surface area (Å²) < 4.78 is 1.60. The summed E-state index contributed by atoms with van der Waals surface area (Å²) in [5.74, 6) is -0.0858. The van der Waals surface area contributed by atoms with E-state index in [0.717, 1.165) is 22.5 Å². The average Bonchev–Trinajstić information content (AvgIpc) is 2.92. The fourth-order valence-electron chi connectivity index (χ4n) is 3.32. The Hall–Kier alpha value is -2.51. The van der Waals surface area contributed by atoms with Crippen molar-refractivity contribution in [2.45, 2.75) is 34.2 Å². The van der Waals surface area contributed by atoms with Gasteiger partial charge in [-0.15, -0.1) is 11.3 Å². The van der Waals surface area contributed by atoms with Gasteiger partial charge in [0.2, 0.25) is 5.91 Å². The maximum absolute atomic E-state index is 12.4. The van der Waals surface area contributed by atoms with Gasteiger partial charge in [0.05, 0.1) is 12.2 Å². The Balaban J connectivity index is 1.68. The van der Waals surface area contributed by atoms with Gasteiger partial charge in [-0.1, -0.05) is 17.7 Å². The van der Waals surface area contributed by atoms with Crippen LogP contribution in [0.5, 0.6) is 0 Å². The Kier molecular flexibility index (Phi) is 5.43. The number of nitrogens with zero attached hydrogens (tertiary/aromatic N) is 3. The fourth-order valence-corrected chi connectivity index (χ4v) is 4.21. The zero-order chi connectivity index (χ0) is 19.7. The van der Waals surface area contributed by atoms with E-state index in [2.05, 4.69) is 22.4 Å². The van der Waals surface area contributed by atoms with Crippen LogP contribution >= 0.6 is 11.3 Å². The summed E-state index contributed by atoms with van der Waals surface area (Å²) in [6.07, 6.45) is 0. The summed E-state index contributed by atoms with van der Waals surface area (Å²) in [4.78, 5) is 31.8. The number of carbonyl (C=O) groups excluding carboxylic acids is 1. The fraction of sp³-hybridized carbons (Fsp3) is 0.350. The van der Waals surface area contributed by atoms with E-state index in [1.54, 1.807) is 4.40 Å². The molecule has 1 N–H and O–H groups in total. The summed E-state index contributed by atoms with van der Waals surface area (Å²) in [5, 5.41) is 4.92. The largest absolute Gasteiger partial charge is 0.324 e. The highest BCUT2D eigenvalue weighted by Gasteiger charge is 2.13. The lowest BCUT2D eigenvalue weighted by Gasteiger charge is -2.18. The zero-order valence-corrected chi connectivity index (χ0v) is 17.1. The Morgan fingerprint density at radius 1 is 1.19 bits per heavy atom. The first-order valence-corrected chi connectivity index (χ1v) is 9.65. The molecular formula is C20H24N4O2S. The van der Waals surface area contributed by atoms with Crippen molar-refractivity contribution in [3.05, 3.63) is 62.0 Å². The minimum Gasteiger partial charge on any atom is -0.324 e. The van der Waals surface area contributed by atoms with E-state index in [4.69, 9.17) is 0 Å². The van der Waals surface area contributed by atoms with Crippen LogP contribution in [0.1, 0.15) is 28.1 Å². The quantitative estimate of drug-likeness (QED) is 0.734. The van der Waals surface area contributed by atoms with Crippen LogP contribution in [0.25, 0.3) is 4.96 Å². The van der Waals surface area contributed by atoms with E-state index in [9.17, 15) is 9.59 Å². The highest BCUT2D eigenvalue weighted by molar-refractivity contribution is 7.15. The van der Waals surface area contributed by atoms with E-state index in [-0.39, 0.29) is 18.0 Å². The molecule has 1 aromatic carbocycles. The summed E-state index contributed by atoms with van der Waals surface area (Å²) in [6, 6.07) is 5.65. The molecule has 27 heavy (non-hydrogen) atoms. The number of amides is 1. The monoisotopic (exact) mass is 384 g/mol. The zero-order valence-electron chi connectivity index (χ0n) is 16.3. The molecule has 0 spiro atoms. The molecule has 0 saturated heterocycles. The van der Waals surface area contributed by atoms with E-state index in [1.807, 2.05) is 45.0 Å². The number of rotatable bonds is 5. The number of likely N-dealkylation sites (N-methyl/N-ethyl adjacent to an activating group) is 1. The van der Waals surface area contributed by atoms with E-state index >= 15 is 0 Å². The van der Waals surface area contributed by atoms with Crippen LogP contribution in [0.3, 0.4) is 0 Å². The molecule has 0 aliphatic rings. The van der Waals surface area contributed by atoms with E-state index < -0.39 is 0 Å². The number of aromatic nitrogens is 2. The second-order valence-corrected chi connectivity index (χ2v) is 7.91. The number of carbonyl (C=O) groups is 1. The minimum absolute atomic E-state index is 0.0856. The minimum atomic E-state index is -0.0858. The second-order valence-electron chi connectivity index (χ2n) is 7.07. The first-order valence-electron chi connectivity index (χ1n) is 8.77. The third-order valence-electron chi connectivity index (χ3n) is 4.42. The van der Waals surface area contributed by atoms with Crippen LogP contribution in [0.2, 0.25) is 0 Å². The third kappa shape index (κ3) is 4.26. The van der Waals surface area contributed by atoms with Gasteiger partial charge in [-0.2, -0.15) is 0 Å². The Bertz CT molecular complexity index is 1040. The number of hydrogen-bond acceptors (Lipinski definition) is 5. The van der Waals surface area contributed by atoms with E-state index in [1.165, 1.54) is 23.0 Å². The molecule has 0 bridgehead atoms. The van der Waals surface area contributed by atoms with Crippen LogP contribution in [0.15, 0.2) is 28.4 Å². The lowest BCUT2D eigenvalue weighted by molar-refractivity contribution is -0.117. The SMILES string of the molecule is Cc1cc(C)c(NC(=O)CN(C)Cc2cc(=O)n3c(C)csc3n2)c(C)c1. The molecule has 0 saturated carbocycles. The molecular weight excluding hydrogens is 360 g/mol. The molecule has 0 unspecified atom stereocenters. The number of benzene rings is 1. The summed E-state index contributed by atoms with van der Waals surface area (Å²) in [7, 11) is 1.84. The van der Waals surface area contributed by atoms with Crippen LogP contribution < -0.4 is 10.9 Å². The summed E-state index contributed by atoms with van der Waals surface area (Å²) >= 11 is 1.44. The first kappa shape index (κ1) is 19.3. The number of nitrogens with one attached hydrogen (secondary N) is 1. The molecule has 6 nitrogen and oxygen atoms in total. The van der Waals surface area contributed by atoms with Gasteiger partial charge >= 0.3 is 0 Å². The molecule has 7 heteroatoms. The lowest BCUT2D eigenvalue weighted by Crippen LogP contribution is -2.31. The van der Waals surface area contributed by atoms with Crippen molar-refractivity contribution in [1.29, 1.82) is 0 Å². The maximum Gasteiger partial charge on any atom is 0.259 e. The molecule has 2 aromatic heterocycles. The van der Waals surface area contributed by atoms with Crippen molar-refractivity contribution in [1.82, 2.24) is 14.3 Å². The molecule has 3 rings (SSSR count). The third-order valence-corrected chi connectivity index (χ3v) is 5.36. The molecule has 0 aliphatic carbocycles. The van der Waals surface area contributed by atoms with Crippen LogP contribution in [-0.2, 0) is 11.3 Å². The predicted molar refractivity (Wildman–Crippen MR) is 110 cm³/mol. The molecule has 0 atom stereocenters. The summed E-state index contributed by atoms with van der Waals surface area (Å²) in [6.45, 7) is 8.57. The first-order chi connectivity index (χ1) is 12.7. The van der Waals surface area contributed by atoms with Gasteiger partial charge in [-0.05, 0) is 45.9 Å². The Morgan fingerprint density at radius 3 is 2.52 bits per heavy atom. The number of hydrogen-bond donors (Lipinski definition) is 1. The van der Waals surface area contributed by atoms with Crippen molar-refractivity contribution >= 4 is 27.9 Å². The molecule has 0 fully saturated rings. The van der Waals surface area contributed by atoms with Gasteiger partial charge in [-0.3, -0.25) is 18.9 Å². The van der Waals surface area contributed by atoms with E-state index in [0.29, 0.717) is 17.2 Å². The van der Waals surface area contributed by atoms with Crippen molar-refractivity contribution in [2.75, 3.05) is 18.9 Å². The molecule has 142 valence electrons. The van der Waals surface area contributed by atoms with Crippen LogP contribution in [0, 0.1) is 27.7 Å². The average molecular weight is 385 g/mol. The molecule has 0 aliphatic heterocycles. The maximum atomic E-state index is 12.4. The van der Waals surface area contributed by atoms with Gasteiger partial charge in [0.1, 0.15) is 0 Å². The normalized spacial score (nSPS) is 11.3. The molecule has 1 amide bonds. The van der Waals surface area contributed by atoms with Gasteiger partial charge in [0, 0.05) is 29.4 Å².